The summed E-state index contributed by atoms with van der Waals surface area (Å²) in [4.78, 5) is 0.190. The van der Waals surface area contributed by atoms with E-state index in [2.05, 4.69) is 4.72 Å². The SMILES string of the molecule is COc1cc(C)c(S(=O)(=O)N[C@@H](C)[C@@H]2CCCO2)cc1OC. The molecule has 1 aliphatic heterocycles. The lowest BCUT2D eigenvalue weighted by atomic mass is 10.1. The molecule has 0 bridgehead atoms. The second kappa shape index (κ2) is 6.85. The molecule has 0 unspecified atom stereocenters. The van der Waals surface area contributed by atoms with Crippen LogP contribution in [-0.2, 0) is 14.8 Å². The predicted octanol–water partition coefficient (Wildman–Crippen LogP) is 1.86. The molecule has 1 N–H and O–H groups in total. The quantitative estimate of drug-likeness (QED) is 0.862. The highest BCUT2D eigenvalue weighted by molar-refractivity contribution is 7.89. The van der Waals surface area contributed by atoms with E-state index in [1.807, 2.05) is 6.92 Å². The standard InChI is InChI=1S/C15H23NO5S/c1-10-8-13(19-3)14(20-4)9-15(10)22(17,18)16-11(2)12-6-5-7-21-12/h8-9,11-12,16H,5-7H2,1-4H3/t11-,12-/m0/s1. The molecular weight excluding hydrogens is 306 g/mol. The Balaban J connectivity index is 2.28. The van der Waals surface area contributed by atoms with Crippen molar-refractivity contribution in [2.24, 2.45) is 0 Å². The lowest BCUT2D eigenvalue weighted by molar-refractivity contribution is 0.0902. The Morgan fingerprint density at radius 1 is 1.27 bits per heavy atom. The third-order valence-electron chi connectivity index (χ3n) is 3.83. The Hall–Kier alpha value is -1.31. The summed E-state index contributed by atoms with van der Waals surface area (Å²) < 4.78 is 43.9. The van der Waals surface area contributed by atoms with Gasteiger partial charge in [-0.3, -0.25) is 0 Å². The Bertz CT molecular complexity index is 623. The number of methoxy groups -OCH3 is 2. The summed E-state index contributed by atoms with van der Waals surface area (Å²) in [7, 11) is -0.655. The molecule has 1 aromatic rings. The van der Waals surface area contributed by atoms with Crippen molar-refractivity contribution >= 4 is 10.0 Å². The number of hydrogen-bond donors (Lipinski definition) is 1. The monoisotopic (exact) mass is 329 g/mol. The van der Waals surface area contributed by atoms with E-state index in [-0.39, 0.29) is 17.0 Å². The molecule has 0 amide bonds. The van der Waals surface area contributed by atoms with E-state index in [9.17, 15) is 8.42 Å². The van der Waals surface area contributed by atoms with Gasteiger partial charge in [-0.05, 0) is 38.3 Å². The van der Waals surface area contributed by atoms with E-state index >= 15 is 0 Å². The van der Waals surface area contributed by atoms with Gasteiger partial charge in [-0.15, -0.1) is 0 Å². The Morgan fingerprint density at radius 2 is 1.91 bits per heavy atom. The van der Waals surface area contributed by atoms with Gasteiger partial charge in [0.15, 0.2) is 11.5 Å². The fourth-order valence-corrected chi connectivity index (χ4v) is 4.15. The van der Waals surface area contributed by atoms with Crippen LogP contribution in [0.5, 0.6) is 11.5 Å². The first-order valence-corrected chi connectivity index (χ1v) is 8.74. The molecule has 1 saturated heterocycles. The summed E-state index contributed by atoms with van der Waals surface area (Å²) in [6.07, 6.45) is 1.76. The van der Waals surface area contributed by atoms with Gasteiger partial charge in [0.25, 0.3) is 0 Å². The van der Waals surface area contributed by atoms with Crippen molar-refractivity contribution in [3.63, 3.8) is 0 Å². The number of hydrogen-bond acceptors (Lipinski definition) is 5. The molecule has 1 aromatic carbocycles. The van der Waals surface area contributed by atoms with E-state index in [0.717, 1.165) is 12.8 Å². The molecule has 22 heavy (non-hydrogen) atoms. The number of nitrogens with one attached hydrogen (secondary N) is 1. The summed E-state index contributed by atoms with van der Waals surface area (Å²) in [5.74, 6) is 0.893. The minimum Gasteiger partial charge on any atom is -0.493 e. The highest BCUT2D eigenvalue weighted by Crippen LogP contribution is 2.32. The second-order valence-corrected chi connectivity index (χ2v) is 7.12. The van der Waals surface area contributed by atoms with Crippen molar-refractivity contribution in [3.05, 3.63) is 17.7 Å². The van der Waals surface area contributed by atoms with E-state index in [1.165, 1.54) is 20.3 Å². The molecule has 0 aliphatic carbocycles. The van der Waals surface area contributed by atoms with E-state index in [0.29, 0.717) is 23.7 Å². The van der Waals surface area contributed by atoms with Gasteiger partial charge >= 0.3 is 0 Å². The van der Waals surface area contributed by atoms with Crippen molar-refractivity contribution in [2.75, 3.05) is 20.8 Å². The van der Waals surface area contributed by atoms with E-state index < -0.39 is 10.0 Å². The zero-order valence-electron chi connectivity index (χ0n) is 13.4. The fourth-order valence-electron chi connectivity index (χ4n) is 2.63. The predicted molar refractivity (Wildman–Crippen MR) is 83.0 cm³/mol. The van der Waals surface area contributed by atoms with Crippen LogP contribution in [0.3, 0.4) is 0 Å². The normalized spacial score (nSPS) is 19.9. The van der Waals surface area contributed by atoms with Gasteiger partial charge in [0.1, 0.15) is 0 Å². The minimum absolute atomic E-state index is 0.0739. The fraction of sp³-hybridized carbons (Fsp3) is 0.600. The largest absolute Gasteiger partial charge is 0.493 e. The lowest BCUT2D eigenvalue weighted by Gasteiger charge is -2.21. The first-order valence-electron chi connectivity index (χ1n) is 7.25. The lowest BCUT2D eigenvalue weighted by Crippen LogP contribution is -2.40. The highest BCUT2D eigenvalue weighted by atomic mass is 32.2. The van der Waals surface area contributed by atoms with Crippen molar-refractivity contribution in [1.29, 1.82) is 0 Å². The third kappa shape index (κ3) is 3.53. The molecule has 6 nitrogen and oxygen atoms in total. The highest BCUT2D eigenvalue weighted by Gasteiger charge is 2.28. The maximum atomic E-state index is 12.6. The molecule has 0 aromatic heterocycles. The third-order valence-corrected chi connectivity index (χ3v) is 5.54. The second-order valence-electron chi connectivity index (χ2n) is 5.43. The van der Waals surface area contributed by atoms with Crippen LogP contribution in [0.1, 0.15) is 25.3 Å². The van der Waals surface area contributed by atoms with E-state index in [1.54, 1.807) is 13.0 Å². The summed E-state index contributed by atoms with van der Waals surface area (Å²) >= 11 is 0. The topological polar surface area (TPSA) is 73.9 Å². The first-order chi connectivity index (χ1) is 10.4. The van der Waals surface area contributed by atoms with Crippen LogP contribution in [0.4, 0.5) is 0 Å². The smallest absolute Gasteiger partial charge is 0.241 e. The van der Waals surface area contributed by atoms with Crippen molar-refractivity contribution in [3.8, 4) is 11.5 Å². The summed E-state index contributed by atoms with van der Waals surface area (Å²) in [5.41, 5.74) is 0.602. The summed E-state index contributed by atoms with van der Waals surface area (Å²) in [6.45, 7) is 4.24. The number of aryl methyl sites for hydroxylation is 1. The zero-order chi connectivity index (χ0) is 16.3. The van der Waals surface area contributed by atoms with Gasteiger partial charge < -0.3 is 14.2 Å². The molecule has 0 spiro atoms. The van der Waals surface area contributed by atoms with Crippen molar-refractivity contribution in [1.82, 2.24) is 4.72 Å². The molecule has 0 saturated carbocycles. The maximum absolute atomic E-state index is 12.6. The number of sulfonamides is 1. The van der Waals surface area contributed by atoms with Crippen LogP contribution in [0, 0.1) is 6.92 Å². The van der Waals surface area contributed by atoms with Crippen LogP contribution in [0.2, 0.25) is 0 Å². The Kier molecular flexibility index (Phi) is 5.31. The average Bonchev–Trinajstić information content (AvgIpc) is 3.00. The summed E-state index contributed by atoms with van der Waals surface area (Å²) in [6, 6.07) is 2.86. The Labute approximate surface area is 131 Å². The van der Waals surface area contributed by atoms with Gasteiger partial charge in [0.05, 0.1) is 25.2 Å². The number of rotatable bonds is 6. The number of benzene rings is 1. The van der Waals surface area contributed by atoms with Gasteiger partial charge in [-0.25, -0.2) is 13.1 Å². The molecule has 2 atom stereocenters. The molecule has 0 radical (unpaired) electrons. The molecule has 1 heterocycles. The van der Waals surface area contributed by atoms with Gasteiger partial charge in [-0.1, -0.05) is 0 Å². The van der Waals surface area contributed by atoms with Crippen LogP contribution in [-0.4, -0.2) is 41.4 Å². The van der Waals surface area contributed by atoms with Crippen LogP contribution >= 0.6 is 0 Å². The molecule has 7 heteroatoms. The van der Waals surface area contributed by atoms with Gasteiger partial charge in [0, 0.05) is 18.7 Å². The van der Waals surface area contributed by atoms with Crippen LogP contribution < -0.4 is 14.2 Å². The van der Waals surface area contributed by atoms with Gasteiger partial charge in [0.2, 0.25) is 10.0 Å². The van der Waals surface area contributed by atoms with Gasteiger partial charge in [-0.2, -0.15) is 0 Å². The average molecular weight is 329 g/mol. The van der Waals surface area contributed by atoms with Crippen LogP contribution in [0.15, 0.2) is 17.0 Å². The minimum atomic E-state index is -3.65. The number of ether oxygens (including phenoxy) is 3. The first kappa shape index (κ1) is 17.1. The zero-order valence-corrected chi connectivity index (χ0v) is 14.2. The van der Waals surface area contributed by atoms with Crippen LogP contribution in [0.25, 0.3) is 0 Å². The molecule has 1 fully saturated rings. The molecule has 2 rings (SSSR count). The summed E-state index contributed by atoms with van der Waals surface area (Å²) in [5, 5.41) is 0. The molecule has 124 valence electrons. The van der Waals surface area contributed by atoms with Crippen molar-refractivity contribution in [2.45, 2.75) is 43.7 Å². The maximum Gasteiger partial charge on any atom is 0.241 e. The molecular formula is C15H23NO5S. The van der Waals surface area contributed by atoms with E-state index in [4.69, 9.17) is 14.2 Å². The van der Waals surface area contributed by atoms with Crippen molar-refractivity contribution < 1.29 is 22.6 Å². The molecule has 1 aliphatic rings. The Morgan fingerprint density at radius 3 is 2.45 bits per heavy atom.